The molecule has 1 N–H and O–H groups in total. The minimum atomic E-state index is -0.977. The van der Waals surface area contributed by atoms with Gasteiger partial charge in [-0.1, -0.05) is 34.5 Å². The fraction of sp³-hybridized carbons (Fsp3) is 0.167. The van der Waals surface area contributed by atoms with E-state index in [0.717, 1.165) is 4.90 Å². The standard InChI is InChI=1S/C18H13Cl2N5O3/c19-10-4-6-12(7-5-10)21-14(26)9-24-16-15(22-23-24)17(27)25(18(16)28)13-3-1-2-11(20)8-13/h1-8,15-16H,9H2,(H,21,26). The van der Waals surface area contributed by atoms with Gasteiger partial charge in [0.25, 0.3) is 11.8 Å². The van der Waals surface area contributed by atoms with E-state index in [1.807, 2.05) is 0 Å². The Morgan fingerprint density at radius 2 is 1.79 bits per heavy atom. The molecule has 2 aromatic carbocycles. The van der Waals surface area contributed by atoms with Gasteiger partial charge in [0.05, 0.1) is 5.69 Å². The quantitative estimate of drug-likeness (QED) is 0.773. The van der Waals surface area contributed by atoms with Gasteiger partial charge in [-0.25, -0.2) is 4.90 Å². The summed E-state index contributed by atoms with van der Waals surface area (Å²) in [6.45, 7) is -0.226. The molecule has 0 saturated carbocycles. The molecule has 0 aliphatic carbocycles. The average molecular weight is 418 g/mol. The maximum atomic E-state index is 12.9. The lowest BCUT2D eigenvalue weighted by Gasteiger charge is -2.20. The number of nitrogens with one attached hydrogen (secondary N) is 1. The molecule has 0 aromatic heterocycles. The fourth-order valence-corrected chi connectivity index (χ4v) is 3.41. The van der Waals surface area contributed by atoms with E-state index in [9.17, 15) is 14.4 Å². The van der Waals surface area contributed by atoms with Crippen LogP contribution >= 0.6 is 23.2 Å². The van der Waals surface area contributed by atoms with Gasteiger partial charge in [0.15, 0.2) is 12.1 Å². The summed E-state index contributed by atoms with van der Waals surface area (Å²) in [7, 11) is 0. The van der Waals surface area contributed by atoms with Gasteiger partial charge in [-0.15, -0.1) is 0 Å². The van der Waals surface area contributed by atoms with Crippen molar-refractivity contribution in [1.82, 2.24) is 5.01 Å². The van der Waals surface area contributed by atoms with Crippen LogP contribution < -0.4 is 10.2 Å². The van der Waals surface area contributed by atoms with Gasteiger partial charge in [0.2, 0.25) is 5.91 Å². The van der Waals surface area contributed by atoms with Crippen LogP contribution in [-0.4, -0.2) is 41.4 Å². The lowest BCUT2D eigenvalue weighted by atomic mass is 10.1. The van der Waals surface area contributed by atoms with E-state index in [4.69, 9.17) is 23.2 Å². The molecule has 10 heteroatoms. The second-order valence-corrected chi connectivity index (χ2v) is 7.11. The minimum absolute atomic E-state index is 0.226. The smallest absolute Gasteiger partial charge is 0.263 e. The third-order valence-electron chi connectivity index (χ3n) is 4.36. The van der Waals surface area contributed by atoms with Crippen molar-refractivity contribution in [2.75, 3.05) is 16.8 Å². The number of imide groups is 1. The highest BCUT2D eigenvalue weighted by Crippen LogP contribution is 2.32. The van der Waals surface area contributed by atoms with Crippen LogP contribution in [-0.2, 0) is 14.4 Å². The Labute approximate surface area is 169 Å². The molecular formula is C18H13Cl2N5O3. The molecule has 0 bridgehead atoms. The topological polar surface area (TPSA) is 94.4 Å². The van der Waals surface area contributed by atoms with E-state index in [1.54, 1.807) is 42.5 Å². The summed E-state index contributed by atoms with van der Waals surface area (Å²) in [6.07, 6.45) is 0. The molecule has 8 nitrogen and oxygen atoms in total. The van der Waals surface area contributed by atoms with Crippen LogP contribution in [0.4, 0.5) is 11.4 Å². The second-order valence-electron chi connectivity index (χ2n) is 6.24. The van der Waals surface area contributed by atoms with E-state index in [0.29, 0.717) is 21.4 Å². The summed E-state index contributed by atoms with van der Waals surface area (Å²) >= 11 is 11.8. The summed E-state index contributed by atoms with van der Waals surface area (Å²) in [4.78, 5) is 38.8. The van der Waals surface area contributed by atoms with Crippen LogP contribution in [0.3, 0.4) is 0 Å². The number of anilines is 2. The summed E-state index contributed by atoms with van der Waals surface area (Å²) in [5.41, 5.74) is 0.911. The Hall–Kier alpha value is -2.97. The van der Waals surface area contributed by atoms with Crippen LogP contribution in [0.15, 0.2) is 58.9 Å². The Morgan fingerprint density at radius 1 is 1.04 bits per heavy atom. The minimum Gasteiger partial charge on any atom is -0.324 e. The van der Waals surface area contributed by atoms with Crippen molar-refractivity contribution >= 4 is 52.3 Å². The number of rotatable bonds is 4. The molecule has 2 atom stereocenters. The predicted molar refractivity (Wildman–Crippen MR) is 103 cm³/mol. The zero-order valence-corrected chi connectivity index (χ0v) is 15.8. The van der Waals surface area contributed by atoms with Crippen LogP contribution in [0.1, 0.15) is 0 Å². The third-order valence-corrected chi connectivity index (χ3v) is 4.84. The Kier molecular flexibility index (Phi) is 4.74. The molecule has 4 rings (SSSR count). The number of carbonyl (C=O) groups is 3. The Bertz CT molecular complexity index is 995. The molecule has 2 aliphatic heterocycles. The number of amides is 3. The van der Waals surface area contributed by atoms with Gasteiger partial charge in [-0.2, -0.15) is 5.11 Å². The van der Waals surface area contributed by atoms with Crippen molar-refractivity contribution in [2.45, 2.75) is 12.1 Å². The van der Waals surface area contributed by atoms with Crippen LogP contribution in [0.25, 0.3) is 0 Å². The molecule has 2 aliphatic rings. The maximum absolute atomic E-state index is 12.9. The van der Waals surface area contributed by atoms with Gasteiger partial charge in [-0.05, 0) is 42.5 Å². The van der Waals surface area contributed by atoms with Gasteiger partial charge in [0.1, 0.15) is 6.54 Å². The highest BCUT2D eigenvalue weighted by Gasteiger charge is 2.55. The van der Waals surface area contributed by atoms with Crippen LogP contribution in [0, 0.1) is 0 Å². The SMILES string of the molecule is O=C(CN1N=NC2C(=O)N(c3cccc(Cl)c3)C(=O)C21)Nc1ccc(Cl)cc1. The lowest BCUT2D eigenvalue weighted by molar-refractivity contribution is -0.123. The summed E-state index contributed by atoms with van der Waals surface area (Å²) in [5.74, 6) is -1.40. The normalized spacial score (nSPS) is 20.6. The van der Waals surface area contributed by atoms with Crippen molar-refractivity contribution in [3.8, 4) is 0 Å². The molecular weight excluding hydrogens is 405 g/mol. The first-order valence-electron chi connectivity index (χ1n) is 8.30. The third kappa shape index (κ3) is 3.32. The molecule has 1 fully saturated rings. The average Bonchev–Trinajstić information content (AvgIpc) is 3.17. The van der Waals surface area contributed by atoms with Crippen molar-refractivity contribution in [3.63, 3.8) is 0 Å². The Morgan fingerprint density at radius 3 is 2.50 bits per heavy atom. The predicted octanol–water partition coefficient (Wildman–Crippen LogP) is 2.93. The molecule has 2 heterocycles. The monoisotopic (exact) mass is 417 g/mol. The molecule has 1 saturated heterocycles. The van der Waals surface area contributed by atoms with Crippen molar-refractivity contribution in [2.24, 2.45) is 10.3 Å². The van der Waals surface area contributed by atoms with Gasteiger partial charge < -0.3 is 5.32 Å². The van der Waals surface area contributed by atoms with E-state index in [-0.39, 0.29) is 6.54 Å². The highest BCUT2D eigenvalue weighted by molar-refractivity contribution is 6.32. The van der Waals surface area contributed by atoms with E-state index < -0.39 is 29.8 Å². The molecule has 0 spiro atoms. The second kappa shape index (κ2) is 7.21. The first-order chi connectivity index (χ1) is 13.4. The van der Waals surface area contributed by atoms with Crippen molar-refractivity contribution in [3.05, 3.63) is 58.6 Å². The van der Waals surface area contributed by atoms with Crippen molar-refractivity contribution < 1.29 is 14.4 Å². The number of hydrogen-bond donors (Lipinski definition) is 1. The fourth-order valence-electron chi connectivity index (χ4n) is 3.10. The zero-order chi connectivity index (χ0) is 19.8. The summed E-state index contributed by atoms with van der Waals surface area (Å²) in [6, 6.07) is 11.1. The Balaban J connectivity index is 1.49. The highest BCUT2D eigenvalue weighted by atomic mass is 35.5. The first-order valence-corrected chi connectivity index (χ1v) is 9.06. The number of nitrogens with zero attached hydrogens (tertiary/aromatic N) is 4. The summed E-state index contributed by atoms with van der Waals surface area (Å²) < 4.78 is 0. The van der Waals surface area contributed by atoms with Crippen LogP contribution in [0.5, 0.6) is 0 Å². The number of halogens is 2. The van der Waals surface area contributed by atoms with Crippen molar-refractivity contribution in [1.29, 1.82) is 0 Å². The van der Waals surface area contributed by atoms with Gasteiger partial charge in [0, 0.05) is 15.7 Å². The molecule has 0 radical (unpaired) electrons. The summed E-state index contributed by atoms with van der Waals surface area (Å²) in [5, 5.41) is 12.6. The van der Waals surface area contributed by atoms with E-state index in [1.165, 1.54) is 11.1 Å². The molecule has 3 amide bonds. The number of carbonyl (C=O) groups excluding carboxylic acids is 3. The number of fused-ring (bicyclic) bond motifs is 1. The maximum Gasteiger partial charge on any atom is 0.263 e. The lowest BCUT2D eigenvalue weighted by Crippen LogP contribution is -2.43. The van der Waals surface area contributed by atoms with Crippen LogP contribution in [0.2, 0.25) is 10.0 Å². The molecule has 2 aromatic rings. The molecule has 2 unspecified atom stereocenters. The first kappa shape index (κ1) is 18.4. The van der Waals surface area contributed by atoms with E-state index in [2.05, 4.69) is 15.7 Å². The molecule has 28 heavy (non-hydrogen) atoms. The van der Waals surface area contributed by atoms with Gasteiger partial charge >= 0.3 is 0 Å². The van der Waals surface area contributed by atoms with Gasteiger partial charge in [-0.3, -0.25) is 19.4 Å². The van der Waals surface area contributed by atoms with E-state index >= 15 is 0 Å². The zero-order valence-electron chi connectivity index (χ0n) is 14.3. The molecule has 142 valence electrons. The number of hydrogen-bond acceptors (Lipinski definition) is 6. The number of benzene rings is 2. The largest absolute Gasteiger partial charge is 0.324 e.